The molecule has 0 unspecified atom stereocenters. The molecule has 0 saturated heterocycles. The number of pyridine rings is 1. The predicted molar refractivity (Wildman–Crippen MR) is 96.4 cm³/mol. The fourth-order valence-corrected chi connectivity index (χ4v) is 2.66. The summed E-state index contributed by atoms with van der Waals surface area (Å²) in [7, 11) is 1.96. The number of ketones is 1. The third-order valence-electron chi connectivity index (χ3n) is 4.16. The van der Waals surface area contributed by atoms with Gasteiger partial charge in [-0.05, 0) is 50.0 Å². The summed E-state index contributed by atoms with van der Waals surface area (Å²) in [6.45, 7) is 9.34. The summed E-state index contributed by atoms with van der Waals surface area (Å²) in [5.41, 5.74) is 2.49. The topological polar surface area (TPSA) is 54.7 Å². The highest BCUT2D eigenvalue weighted by molar-refractivity contribution is 5.75. The molecule has 0 N–H and O–H groups in total. The molecule has 5 heteroatoms. The van der Waals surface area contributed by atoms with E-state index in [-0.39, 0.29) is 16.8 Å². The molecule has 2 aromatic heterocycles. The van der Waals surface area contributed by atoms with Crippen molar-refractivity contribution in [3.63, 3.8) is 0 Å². The summed E-state index contributed by atoms with van der Waals surface area (Å²) in [5.74, 6) is 0.200. The number of aromatic nitrogens is 2. The molecule has 0 radical (unpaired) electrons. The maximum atomic E-state index is 12.6. The van der Waals surface area contributed by atoms with Gasteiger partial charge < -0.3 is 9.69 Å². The van der Waals surface area contributed by atoms with E-state index in [0.29, 0.717) is 24.2 Å². The second kappa shape index (κ2) is 7.26. The molecule has 0 fully saturated rings. The van der Waals surface area contributed by atoms with Crippen LogP contribution in [0.3, 0.4) is 0 Å². The van der Waals surface area contributed by atoms with Gasteiger partial charge in [-0.3, -0.25) is 9.20 Å². The molecule has 0 aliphatic carbocycles. The predicted octanol–water partition coefficient (Wildman–Crippen LogP) is 2.79. The number of rotatable bonds is 6. The van der Waals surface area contributed by atoms with E-state index >= 15 is 0 Å². The van der Waals surface area contributed by atoms with Gasteiger partial charge in [-0.15, -0.1) is 0 Å². The standard InChI is InChI=1S/C19H27N3O2/c1-14(23)7-6-9-21(5)13-15-12-20-17-11-16(19(2,3)4)8-10-22(17)18(15)24/h8,10-12H,6-7,9,13H2,1-5H3. The van der Waals surface area contributed by atoms with E-state index in [4.69, 9.17) is 0 Å². The highest BCUT2D eigenvalue weighted by Crippen LogP contribution is 2.22. The Morgan fingerprint density at radius 2 is 2.04 bits per heavy atom. The minimum Gasteiger partial charge on any atom is -0.302 e. The van der Waals surface area contributed by atoms with Gasteiger partial charge in [-0.25, -0.2) is 4.98 Å². The molecular weight excluding hydrogens is 302 g/mol. The van der Waals surface area contributed by atoms with Crippen LogP contribution < -0.4 is 5.56 Å². The number of hydrogen-bond acceptors (Lipinski definition) is 4. The Morgan fingerprint density at radius 1 is 1.33 bits per heavy atom. The lowest BCUT2D eigenvalue weighted by atomic mass is 9.88. The Morgan fingerprint density at radius 3 is 2.67 bits per heavy atom. The highest BCUT2D eigenvalue weighted by Gasteiger charge is 2.15. The summed E-state index contributed by atoms with van der Waals surface area (Å²) < 4.78 is 1.61. The summed E-state index contributed by atoms with van der Waals surface area (Å²) in [6.07, 6.45) is 4.87. The molecule has 0 bridgehead atoms. The Balaban J connectivity index is 2.19. The van der Waals surface area contributed by atoms with Crippen LogP contribution in [-0.2, 0) is 16.8 Å². The Hall–Kier alpha value is -2.01. The molecule has 0 spiro atoms. The van der Waals surface area contributed by atoms with Crippen LogP contribution in [0.2, 0.25) is 0 Å². The van der Waals surface area contributed by atoms with E-state index in [1.807, 2.05) is 25.4 Å². The van der Waals surface area contributed by atoms with Gasteiger partial charge in [0, 0.05) is 25.4 Å². The lowest BCUT2D eigenvalue weighted by molar-refractivity contribution is -0.117. The largest absolute Gasteiger partial charge is 0.302 e. The van der Waals surface area contributed by atoms with Crippen molar-refractivity contribution in [3.05, 3.63) is 46.0 Å². The van der Waals surface area contributed by atoms with Gasteiger partial charge in [0.05, 0.1) is 5.56 Å². The zero-order valence-corrected chi connectivity index (χ0v) is 15.3. The molecule has 2 heterocycles. The number of fused-ring (bicyclic) bond motifs is 1. The molecule has 0 aromatic carbocycles. The molecule has 0 aliphatic rings. The van der Waals surface area contributed by atoms with E-state index in [2.05, 4.69) is 30.7 Å². The molecule has 0 saturated carbocycles. The maximum Gasteiger partial charge on any atom is 0.262 e. The monoisotopic (exact) mass is 329 g/mol. The Bertz CT molecular complexity index is 787. The molecule has 5 nitrogen and oxygen atoms in total. The number of carbonyl (C=O) groups is 1. The number of hydrogen-bond donors (Lipinski definition) is 0. The quantitative estimate of drug-likeness (QED) is 0.818. The van der Waals surface area contributed by atoms with Crippen molar-refractivity contribution in [3.8, 4) is 0 Å². The second-order valence-corrected chi connectivity index (χ2v) is 7.53. The van der Waals surface area contributed by atoms with Crippen molar-refractivity contribution < 1.29 is 4.79 Å². The van der Waals surface area contributed by atoms with Gasteiger partial charge in [0.1, 0.15) is 11.4 Å². The fraction of sp³-hybridized carbons (Fsp3) is 0.526. The number of nitrogens with zero attached hydrogens (tertiary/aromatic N) is 3. The fourth-order valence-electron chi connectivity index (χ4n) is 2.66. The third kappa shape index (κ3) is 4.51. The normalized spacial score (nSPS) is 12.1. The van der Waals surface area contributed by atoms with Gasteiger partial charge in [-0.2, -0.15) is 0 Å². The lowest BCUT2D eigenvalue weighted by Crippen LogP contribution is -2.27. The summed E-state index contributed by atoms with van der Waals surface area (Å²) in [5, 5.41) is 0. The first-order valence-electron chi connectivity index (χ1n) is 8.37. The van der Waals surface area contributed by atoms with Crippen LogP contribution in [0.4, 0.5) is 0 Å². The molecular formula is C19H27N3O2. The van der Waals surface area contributed by atoms with Gasteiger partial charge in [0.15, 0.2) is 0 Å². The van der Waals surface area contributed by atoms with E-state index in [1.54, 1.807) is 17.5 Å². The van der Waals surface area contributed by atoms with Crippen molar-refractivity contribution in [2.75, 3.05) is 13.6 Å². The first-order valence-corrected chi connectivity index (χ1v) is 8.37. The molecule has 0 aliphatic heterocycles. The van der Waals surface area contributed by atoms with Gasteiger partial charge in [0.2, 0.25) is 0 Å². The zero-order chi connectivity index (χ0) is 17.9. The Labute approximate surface area is 143 Å². The first kappa shape index (κ1) is 18.3. The lowest BCUT2D eigenvalue weighted by Gasteiger charge is -2.19. The van der Waals surface area contributed by atoms with E-state index in [1.165, 1.54) is 0 Å². The molecule has 0 atom stereocenters. The molecule has 2 aromatic rings. The van der Waals surface area contributed by atoms with Crippen LogP contribution in [-0.4, -0.2) is 33.7 Å². The van der Waals surface area contributed by atoms with Crippen molar-refractivity contribution in [1.29, 1.82) is 0 Å². The maximum absolute atomic E-state index is 12.6. The van der Waals surface area contributed by atoms with Gasteiger partial charge >= 0.3 is 0 Å². The molecule has 24 heavy (non-hydrogen) atoms. The van der Waals surface area contributed by atoms with Crippen LogP contribution >= 0.6 is 0 Å². The highest BCUT2D eigenvalue weighted by atomic mass is 16.1. The van der Waals surface area contributed by atoms with Crippen molar-refractivity contribution in [1.82, 2.24) is 14.3 Å². The first-order chi connectivity index (χ1) is 11.2. The molecule has 2 rings (SSSR count). The summed E-state index contributed by atoms with van der Waals surface area (Å²) >= 11 is 0. The van der Waals surface area contributed by atoms with E-state index in [0.717, 1.165) is 18.5 Å². The average Bonchev–Trinajstić information content (AvgIpc) is 2.48. The van der Waals surface area contributed by atoms with Crippen molar-refractivity contribution >= 4 is 11.4 Å². The summed E-state index contributed by atoms with van der Waals surface area (Å²) in [4.78, 5) is 30.2. The van der Waals surface area contributed by atoms with Crippen LogP contribution in [0.5, 0.6) is 0 Å². The molecule has 0 amide bonds. The minimum atomic E-state index is -0.0288. The summed E-state index contributed by atoms with van der Waals surface area (Å²) in [6, 6.07) is 3.96. The van der Waals surface area contributed by atoms with Crippen LogP contribution in [0.25, 0.3) is 5.65 Å². The van der Waals surface area contributed by atoms with Crippen LogP contribution in [0.15, 0.2) is 29.3 Å². The van der Waals surface area contributed by atoms with E-state index in [9.17, 15) is 9.59 Å². The zero-order valence-electron chi connectivity index (χ0n) is 15.3. The van der Waals surface area contributed by atoms with Crippen molar-refractivity contribution in [2.45, 2.75) is 52.5 Å². The molecule has 130 valence electrons. The SMILES string of the molecule is CC(=O)CCCN(C)Cc1cnc2cc(C(C)(C)C)ccn2c1=O. The minimum absolute atomic E-state index is 0.0229. The number of carbonyl (C=O) groups excluding carboxylic acids is 1. The van der Waals surface area contributed by atoms with Gasteiger partial charge in [0.25, 0.3) is 5.56 Å². The van der Waals surface area contributed by atoms with Gasteiger partial charge in [-0.1, -0.05) is 20.8 Å². The van der Waals surface area contributed by atoms with Crippen LogP contribution in [0, 0.1) is 0 Å². The second-order valence-electron chi connectivity index (χ2n) is 7.53. The number of Topliss-reactive ketones (excluding diaryl/α,β-unsaturated/α-hetero) is 1. The van der Waals surface area contributed by atoms with E-state index < -0.39 is 0 Å². The Kier molecular flexibility index (Phi) is 5.54. The average molecular weight is 329 g/mol. The third-order valence-corrected chi connectivity index (χ3v) is 4.16. The van der Waals surface area contributed by atoms with Crippen molar-refractivity contribution in [2.24, 2.45) is 0 Å². The smallest absolute Gasteiger partial charge is 0.262 e. The van der Waals surface area contributed by atoms with Crippen LogP contribution in [0.1, 0.15) is 51.7 Å².